The number of benzene rings is 3. The number of rotatable bonds is 8. The summed E-state index contributed by atoms with van der Waals surface area (Å²) in [7, 11) is 0. The van der Waals surface area contributed by atoms with Gasteiger partial charge >= 0.3 is 0 Å². The third-order valence-corrected chi connectivity index (χ3v) is 9.15. The number of aromatic nitrogens is 4. The Labute approximate surface area is 260 Å². The van der Waals surface area contributed by atoms with Crippen molar-refractivity contribution >= 4 is 57.2 Å². The van der Waals surface area contributed by atoms with Gasteiger partial charge in [-0.05, 0) is 50.1 Å². The molecule has 6 rings (SSSR count). The van der Waals surface area contributed by atoms with Gasteiger partial charge in [0.2, 0.25) is 11.1 Å². The molecule has 0 N–H and O–H groups in total. The van der Waals surface area contributed by atoms with Crippen molar-refractivity contribution in [2.75, 3.05) is 25.4 Å². The van der Waals surface area contributed by atoms with Crippen LogP contribution in [0.1, 0.15) is 41.3 Å². The van der Waals surface area contributed by atoms with Crippen LogP contribution in [0, 0.1) is 6.92 Å². The first-order chi connectivity index (χ1) is 20.9. The number of carbonyl (C=O) groups excluding carboxylic acids is 2. The van der Waals surface area contributed by atoms with Crippen LogP contribution < -0.4 is 0 Å². The molecule has 2 aromatic heterocycles. The summed E-state index contributed by atoms with van der Waals surface area (Å²) in [6, 6.07) is 23.7. The van der Waals surface area contributed by atoms with Crippen LogP contribution in [-0.4, -0.2) is 72.8 Å². The van der Waals surface area contributed by atoms with Gasteiger partial charge in [0, 0.05) is 49.8 Å². The number of hydrogen-bond acceptors (Lipinski definition) is 6. The average Bonchev–Trinajstić information content (AvgIpc) is 3.31. The topological polar surface area (TPSA) is 84.2 Å². The molecule has 0 aliphatic carbocycles. The maximum Gasteiger partial charge on any atom is 0.255 e. The van der Waals surface area contributed by atoms with E-state index in [4.69, 9.17) is 16.6 Å². The van der Waals surface area contributed by atoms with Crippen LogP contribution in [0.5, 0.6) is 0 Å². The Bertz CT molecular complexity index is 1790. The fraction of sp³-hybridized carbons (Fsp3) is 0.303. The standard InChI is InChI=1S/C33H33ClN6O2S/c1-22-14-15-28-26(19-22)30-31(40(28)21-24-9-4-3-5-10-24)35-33(37-36-30)43-18-8-13-29(41)38-16-17-39(23(2)20-38)32(42)25-11-6-7-12-27(25)34/h3-7,9-12,14-15,19,23H,8,13,16-18,20-21H2,1-2H3. The second-order valence-corrected chi connectivity index (χ2v) is 12.4. The summed E-state index contributed by atoms with van der Waals surface area (Å²) in [5.41, 5.74) is 5.56. The Balaban J connectivity index is 1.07. The zero-order valence-corrected chi connectivity index (χ0v) is 25.8. The lowest BCUT2D eigenvalue weighted by molar-refractivity contribution is -0.133. The minimum atomic E-state index is -0.0925. The Morgan fingerprint density at radius 1 is 1.00 bits per heavy atom. The number of nitrogens with zero attached hydrogens (tertiary/aromatic N) is 6. The van der Waals surface area contributed by atoms with Crippen LogP contribution in [0.2, 0.25) is 5.02 Å². The Morgan fingerprint density at radius 2 is 1.79 bits per heavy atom. The molecule has 1 atom stereocenters. The fourth-order valence-electron chi connectivity index (χ4n) is 5.66. The predicted octanol–water partition coefficient (Wildman–Crippen LogP) is 6.24. The van der Waals surface area contributed by atoms with E-state index in [1.165, 1.54) is 22.9 Å². The van der Waals surface area contributed by atoms with E-state index in [0.717, 1.165) is 22.1 Å². The summed E-state index contributed by atoms with van der Waals surface area (Å²) in [6.07, 6.45) is 1.13. The van der Waals surface area contributed by atoms with Crippen molar-refractivity contribution in [3.8, 4) is 0 Å². The smallest absolute Gasteiger partial charge is 0.255 e. The number of thioether (sulfide) groups is 1. The molecule has 1 aliphatic heterocycles. The van der Waals surface area contributed by atoms with Gasteiger partial charge in [0.25, 0.3) is 5.91 Å². The molecule has 1 unspecified atom stereocenters. The first-order valence-corrected chi connectivity index (χ1v) is 15.9. The van der Waals surface area contributed by atoms with Crippen LogP contribution in [0.25, 0.3) is 22.1 Å². The number of halogens is 1. The van der Waals surface area contributed by atoms with Crippen LogP contribution in [0.15, 0.2) is 78.0 Å². The highest BCUT2D eigenvalue weighted by molar-refractivity contribution is 7.99. The largest absolute Gasteiger partial charge is 0.339 e. The summed E-state index contributed by atoms with van der Waals surface area (Å²) >= 11 is 7.77. The van der Waals surface area contributed by atoms with Gasteiger partial charge in [-0.15, -0.1) is 10.2 Å². The van der Waals surface area contributed by atoms with Gasteiger partial charge in [-0.1, -0.05) is 77.5 Å². The molecule has 1 saturated heterocycles. The monoisotopic (exact) mass is 612 g/mol. The highest BCUT2D eigenvalue weighted by Crippen LogP contribution is 2.29. The zero-order chi connectivity index (χ0) is 29.9. The molecule has 0 spiro atoms. The van der Waals surface area contributed by atoms with E-state index < -0.39 is 0 Å². The minimum absolute atomic E-state index is 0.0894. The summed E-state index contributed by atoms with van der Waals surface area (Å²) < 4.78 is 2.21. The highest BCUT2D eigenvalue weighted by Gasteiger charge is 2.30. The molecule has 1 aliphatic rings. The lowest BCUT2D eigenvalue weighted by Gasteiger charge is -2.40. The van der Waals surface area contributed by atoms with E-state index in [1.807, 2.05) is 42.2 Å². The summed E-state index contributed by atoms with van der Waals surface area (Å²) in [4.78, 5) is 34.6. The molecule has 43 heavy (non-hydrogen) atoms. The third kappa shape index (κ3) is 6.24. The van der Waals surface area contributed by atoms with Gasteiger partial charge in [-0.3, -0.25) is 9.59 Å². The van der Waals surface area contributed by atoms with Crippen molar-refractivity contribution in [2.24, 2.45) is 0 Å². The van der Waals surface area contributed by atoms with E-state index in [0.29, 0.717) is 60.5 Å². The van der Waals surface area contributed by atoms with E-state index >= 15 is 0 Å². The molecular formula is C33H33ClN6O2S. The predicted molar refractivity (Wildman–Crippen MR) is 172 cm³/mol. The number of piperazine rings is 1. The van der Waals surface area contributed by atoms with Crippen LogP contribution in [0.3, 0.4) is 0 Å². The van der Waals surface area contributed by atoms with E-state index in [1.54, 1.807) is 17.0 Å². The second-order valence-electron chi connectivity index (χ2n) is 11.0. The number of amides is 2. The molecule has 3 aromatic carbocycles. The molecule has 10 heteroatoms. The zero-order valence-electron chi connectivity index (χ0n) is 24.2. The molecular weight excluding hydrogens is 580 g/mol. The molecule has 8 nitrogen and oxygen atoms in total. The van der Waals surface area contributed by atoms with Crippen molar-refractivity contribution in [2.45, 2.75) is 44.4 Å². The molecule has 220 valence electrons. The third-order valence-electron chi connectivity index (χ3n) is 7.90. The van der Waals surface area contributed by atoms with Crippen molar-refractivity contribution < 1.29 is 9.59 Å². The van der Waals surface area contributed by atoms with Crippen LogP contribution >= 0.6 is 23.4 Å². The maximum absolute atomic E-state index is 13.0. The lowest BCUT2D eigenvalue weighted by atomic mass is 10.1. The first kappa shape index (κ1) is 29.1. The highest BCUT2D eigenvalue weighted by atomic mass is 35.5. The van der Waals surface area contributed by atoms with Gasteiger partial charge in [0.15, 0.2) is 5.65 Å². The molecule has 0 radical (unpaired) electrons. The van der Waals surface area contributed by atoms with Crippen molar-refractivity contribution in [3.05, 3.63) is 94.5 Å². The molecule has 3 heterocycles. The molecule has 0 bridgehead atoms. The van der Waals surface area contributed by atoms with Crippen molar-refractivity contribution in [1.29, 1.82) is 0 Å². The number of hydrogen-bond donors (Lipinski definition) is 0. The van der Waals surface area contributed by atoms with Gasteiger partial charge in [-0.2, -0.15) is 0 Å². The lowest BCUT2D eigenvalue weighted by Crippen LogP contribution is -2.55. The van der Waals surface area contributed by atoms with E-state index in [2.05, 4.69) is 52.0 Å². The number of aryl methyl sites for hydroxylation is 1. The second kappa shape index (κ2) is 12.7. The first-order valence-electron chi connectivity index (χ1n) is 14.5. The quantitative estimate of drug-likeness (QED) is 0.152. The van der Waals surface area contributed by atoms with Crippen molar-refractivity contribution in [3.63, 3.8) is 0 Å². The maximum atomic E-state index is 13.0. The fourth-order valence-corrected chi connectivity index (χ4v) is 6.60. The Hall–Kier alpha value is -3.95. The van der Waals surface area contributed by atoms with Crippen molar-refractivity contribution in [1.82, 2.24) is 29.5 Å². The SMILES string of the molecule is Cc1ccc2c(c1)c1nnc(SCCCC(=O)N3CCN(C(=O)c4ccccc4Cl)C(C)C3)nc1n2Cc1ccccc1. The molecule has 5 aromatic rings. The van der Waals surface area contributed by atoms with E-state index in [9.17, 15) is 9.59 Å². The average molecular weight is 613 g/mol. The van der Waals surface area contributed by atoms with Gasteiger partial charge < -0.3 is 14.4 Å². The minimum Gasteiger partial charge on any atom is -0.339 e. The van der Waals surface area contributed by atoms with Gasteiger partial charge in [0.1, 0.15) is 5.52 Å². The number of carbonyl (C=O) groups is 2. The van der Waals surface area contributed by atoms with Crippen LogP contribution in [0.4, 0.5) is 0 Å². The summed E-state index contributed by atoms with van der Waals surface area (Å²) in [6.45, 7) is 6.26. The summed E-state index contributed by atoms with van der Waals surface area (Å²) in [5, 5.41) is 11.1. The molecule has 2 amide bonds. The van der Waals surface area contributed by atoms with Gasteiger partial charge in [-0.25, -0.2) is 4.98 Å². The van der Waals surface area contributed by atoms with E-state index in [-0.39, 0.29) is 17.9 Å². The normalized spacial score (nSPS) is 15.4. The van der Waals surface area contributed by atoms with Gasteiger partial charge in [0.05, 0.1) is 16.1 Å². The summed E-state index contributed by atoms with van der Waals surface area (Å²) in [5.74, 6) is 0.715. The van der Waals surface area contributed by atoms with Crippen LogP contribution in [-0.2, 0) is 11.3 Å². The Morgan fingerprint density at radius 3 is 2.58 bits per heavy atom. The Kier molecular flexibility index (Phi) is 8.63. The molecule has 1 fully saturated rings. The number of fused-ring (bicyclic) bond motifs is 3. The molecule has 0 saturated carbocycles.